The number of benzene rings is 1. The molecule has 0 bridgehead atoms. The van der Waals surface area contributed by atoms with E-state index in [0.29, 0.717) is 24.2 Å². The number of para-hydroxylation sites is 1. The van der Waals surface area contributed by atoms with Gasteiger partial charge < -0.3 is 19.9 Å². The van der Waals surface area contributed by atoms with Crippen molar-refractivity contribution in [2.24, 2.45) is 5.92 Å². The van der Waals surface area contributed by atoms with E-state index >= 15 is 0 Å². The van der Waals surface area contributed by atoms with Crippen LogP contribution in [0.2, 0.25) is 0 Å². The van der Waals surface area contributed by atoms with E-state index in [0.717, 1.165) is 5.39 Å². The first-order valence-electron chi connectivity index (χ1n) is 6.63. The van der Waals surface area contributed by atoms with Crippen LogP contribution in [0.1, 0.15) is 30.0 Å². The molecule has 5 heteroatoms. The van der Waals surface area contributed by atoms with Crippen LogP contribution in [-0.4, -0.2) is 28.8 Å². The van der Waals surface area contributed by atoms with Gasteiger partial charge in [0.2, 0.25) is 5.76 Å². The summed E-state index contributed by atoms with van der Waals surface area (Å²) in [5.74, 6) is -0.970. The maximum absolute atomic E-state index is 11.2. The first-order valence-corrected chi connectivity index (χ1v) is 6.63. The summed E-state index contributed by atoms with van der Waals surface area (Å²) in [6.07, 6.45) is -0.457. The Bertz CT molecular complexity index is 603. The van der Waals surface area contributed by atoms with Gasteiger partial charge in [-0.25, -0.2) is 4.79 Å². The van der Waals surface area contributed by atoms with Crippen molar-refractivity contribution in [3.8, 4) is 0 Å². The van der Waals surface area contributed by atoms with Crippen molar-refractivity contribution in [3.05, 3.63) is 35.6 Å². The molecule has 0 spiro atoms. The largest absolute Gasteiger partial charge is 0.475 e. The zero-order chi connectivity index (χ0) is 14.7. The molecule has 20 heavy (non-hydrogen) atoms. The molecule has 1 atom stereocenters. The fraction of sp³-hybridized carbons (Fsp3) is 0.400. The van der Waals surface area contributed by atoms with Crippen LogP contribution in [0.4, 0.5) is 0 Å². The van der Waals surface area contributed by atoms with E-state index in [1.54, 1.807) is 12.1 Å². The van der Waals surface area contributed by atoms with E-state index in [4.69, 9.17) is 4.42 Å². The molecular formula is C15H19NO4. The van der Waals surface area contributed by atoms with Crippen LogP contribution in [0.3, 0.4) is 0 Å². The van der Waals surface area contributed by atoms with Crippen molar-refractivity contribution in [1.29, 1.82) is 0 Å². The van der Waals surface area contributed by atoms with Crippen LogP contribution in [0, 0.1) is 5.92 Å². The van der Waals surface area contributed by atoms with Gasteiger partial charge in [0, 0.05) is 24.0 Å². The highest BCUT2D eigenvalue weighted by Crippen LogP contribution is 2.25. The second-order valence-corrected chi connectivity index (χ2v) is 5.15. The lowest BCUT2D eigenvalue weighted by atomic mass is 10.1. The van der Waals surface area contributed by atoms with E-state index < -0.39 is 12.1 Å². The van der Waals surface area contributed by atoms with Gasteiger partial charge in [0.15, 0.2) is 0 Å². The quantitative estimate of drug-likeness (QED) is 0.754. The lowest BCUT2D eigenvalue weighted by Crippen LogP contribution is -2.30. The highest BCUT2D eigenvalue weighted by molar-refractivity contribution is 5.95. The van der Waals surface area contributed by atoms with Crippen molar-refractivity contribution in [2.75, 3.05) is 6.54 Å². The third kappa shape index (κ3) is 3.00. The standard InChI is InChI=1S/C15H19NO4/c1-9(2)12(17)8-16-7-11-10-5-3-4-6-13(10)20-14(11)15(18)19/h3-6,9,12,16-17H,7-8H2,1-2H3,(H,18,19). The number of aromatic carboxylic acids is 1. The maximum atomic E-state index is 11.2. The fourth-order valence-electron chi connectivity index (χ4n) is 2.03. The number of hydrogen-bond acceptors (Lipinski definition) is 4. The molecule has 1 aromatic carbocycles. The van der Waals surface area contributed by atoms with E-state index in [1.807, 2.05) is 26.0 Å². The van der Waals surface area contributed by atoms with Gasteiger partial charge >= 0.3 is 5.97 Å². The predicted octanol–water partition coefficient (Wildman–Crippen LogP) is 2.24. The third-order valence-corrected chi connectivity index (χ3v) is 3.32. The zero-order valence-electron chi connectivity index (χ0n) is 11.6. The lowest BCUT2D eigenvalue weighted by Gasteiger charge is -2.14. The van der Waals surface area contributed by atoms with Crippen LogP contribution in [0.25, 0.3) is 11.0 Å². The number of carbonyl (C=O) groups is 1. The van der Waals surface area contributed by atoms with E-state index in [2.05, 4.69) is 5.32 Å². The van der Waals surface area contributed by atoms with Gasteiger partial charge in [0.1, 0.15) is 5.58 Å². The number of aliphatic hydroxyl groups excluding tert-OH is 1. The van der Waals surface area contributed by atoms with Gasteiger partial charge in [-0.3, -0.25) is 0 Å². The van der Waals surface area contributed by atoms with Crippen molar-refractivity contribution >= 4 is 16.9 Å². The van der Waals surface area contributed by atoms with Crippen LogP contribution < -0.4 is 5.32 Å². The molecule has 0 fully saturated rings. The normalized spacial score (nSPS) is 13.0. The minimum Gasteiger partial charge on any atom is -0.475 e. The molecule has 0 aliphatic rings. The molecule has 2 aromatic rings. The zero-order valence-corrected chi connectivity index (χ0v) is 11.6. The topological polar surface area (TPSA) is 82.7 Å². The minimum absolute atomic E-state index is 0.0438. The first kappa shape index (κ1) is 14.6. The Balaban J connectivity index is 2.19. The predicted molar refractivity (Wildman–Crippen MR) is 75.7 cm³/mol. The molecule has 2 rings (SSSR count). The minimum atomic E-state index is -1.08. The summed E-state index contributed by atoms with van der Waals surface area (Å²) in [7, 11) is 0. The number of fused-ring (bicyclic) bond motifs is 1. The summed E-state index contributed by atoms with van der Waals surface area (Å²) in [5.41, 5.74) is 1.18. The molecule has 0 amide bonds. The van der Waals surface area contributed by atoms with Crippen molar-refractivity contribution in [3.63, 3.8) is 0 Å². The van der Waals surface area contributed by atoms with Gasteiger partial charge in [-0.15, -0.1) is 0 Å². The summed E-state index contributed by atoms with van der Waals surface area (Å²) >= 11 is 0. The van der Waals surface area contributed by atoms with Crippen LogP contribution in [0.15, 0.2) is 28.7 Å². The van der Waals surface area contributed by atoms with Gasteiger partial charge in [0.25, 0.3) is 0 Å². The molecule has 108 valence electrons. The monoisotopic (exact) mass is 277 g/mol. The summed E-state index contributed by atoms with van der Waals surface area (Å²) in [6, 6.07) is 7.22. The molecule has 0 radical (unpaired) electrons. The van der Waals surface area contributed by atoms with Crippen LogP contribution >= 0.6 is 0 Å². The summed E-state index contributed by atoms with van der Waals surface area (Å²) in [4.78, 5) is 11.2. The Kier molecular flexibility index (Phi) is 4.42. The third-order valence-electron chi connectivity index (χ3n) is 3.32. The number of nitrogens with one attached hydrogen (secondary N) is 1. The number of carboxylic acids is 1. The van der Waals surface area contributed by atoms with E-state index in [-0.39, 0.29) is 11.7 Å². The Morgan fingerprint density at radius 1 is 1.35 bits per heavy atom. The molecule has 5 nitrogen and oxygen atoms in total. The van der Waals surface area contributed by atoms with Crippen molar-refractivity contribution in [2.45, 2.75) is 26.5 Å². The molecule has 0 saturated heterocycles. The van der Waals surface area contributed by atoms with Crippen LogP contribution in [-0.2, 0) is 6.54 Å². The second-order valence-electron chi connectivity index (χ2n) is 5.15. The number of aliphatic hydroxyl groups is 1. The average molecular weight is 277 g/mol. The smallest absolute Gasteiger partial charge is 0.372 e. The van der Waals surface area contributed by atoms with Gasteiger partial charge in [0.05, 0.1) is 6.10 Å². The van der Waals surface area contributed by atoms with Crippen molar-refractivity contribution in [1.82, 2.24) is 5.32 Å². The molecule has 0 aliphatic heterocycles. The van der Waals surface area contributed by atoms with Crippen molar-refractivity contribution < 1.29 is 19.4 Å². The van der Waals surface area contributed by atoms with E-state index in [1.165, 1.54) is 0 Å². The number of furan rings is 1. The molecular weight excluding hydrogens is 258 g/mol. The average Bonchev–Trinajstić information content (AvgIpc) is 2.78. The van der Waals surface area contributed by atoms with Crippen LogP contribution in [0.5, 0.6) is 0 Å². The van der Waals surface area contributed by atoms with E-state index in [9.17, 15) is 15.0 Å². The Morgan fingerprint density at radius 3 is 2.70 bits per heavy atom. The Hall–Kier alpha value is -1.85. The highest BCUT2D eigenvalue weighted by atomic mass is 16.4. The molecule has 1 aromatic heterocycles. The maximum Gasteiger partial charge on any atom is 0.372 e. The Morgan fingerprint density at radius 2 is 2.05 bits per heavy atom. The van der Waals surface area contributed by atoms with Gasteiger partial charge in [-0.05, 0) is 12.0 Å². The molecule has 0 saturated carbocycles. The fourth-order valence-corrected chi connectivity index (χ4v) is 2.03. The summed E-state index contributed by atoms with van der Waals surface area (Å²) in [5, 5.41) is 22.8. The molecule has 1 unspecified atom stereocenters. The highest BCUT2D eigenvalue weighted by Gasteiger charge is 2.19. The summed E-state index contributed by atoms with van der Waals surface area (Å²) in [6.45, 7) is 4.63. The summed E-state index contributed by atoms with van der Waals surface area (Å²) < 4.78 is 5.36. The Labute approximate surface area is 117 Å². The lowest BCUT2D eigenvalue weighted by molar-refractivity contribution is 0.0663. The first-order chi connectivity index (χ1) is 9.50. The number of hydrogen-bond donors (Lipinski definition) is 3. The second kappa shape index (κ2) is 6.07. The molecule has 0 aliphatic carbocycles. The van der Waals surface area contributed by atoms with Gasteiger partial charge in [-0.1, -0.05) is 32.0 Å². The molecule has 1 heterocycles. The number of carboxylic acid groups (broad SMARTS) is 1. The molecule has 3 N–H and O–H groups in total. The van der Waals surface area contributed by atoms with Gasteiger partial charge in [-0.2, -0.15) is 0 Å². The number of rotatable bonds is 6. The SMILES string of the molecule is CC(C)C(O)CNCc1c(C(=O)O)oc2ccccc12.